The summed E-state index contributed by atoms with van der Waals surface area (Å²) in [6.45, 7) is 1.88. The predicted octanol–water partition coefficient (Wildman–Crippen LogP) is 2.77. The first kappa shape index (κ1) is 19.3. The van der Waals surface area contributed by atoms with Crippen LogP contribution in [0.3, 0.4) is 0 Å². The predicted molar refractivity (Wildman–Crippen MR) is 102 cm³/mol. The molecule has 1 atom stereocenters. The monoisotopic (exact) mass is 365 g/mol. The molecule has 2 aromatic rings. The lowest BCUT2D eigenvalue weighted by molar-refractivity contribution is -0.117. The van der Waals surface area contributed by atoms with Gasteiger partial charge in [-0.3, -0.25) is 4.79 Å². The lowest BCUT2D eigenvalue weighted by atomic mass is 10.0. The van der Waals surface area contributed by atoms with Crippen LogP contribution in [0.15, 0.2) is 35.4 Å². The molecule has 2 N–H and O–H groups in total. The molecule has 1 heterocycles. The smallest absolute Gasteiger partial charge is 0.235 e. The zero-order valence-corrected chi connectivity index (χ0v) is 15.7. The van der Waals surface area contributed by atoms with Gasteiger partial charge in [-0.15, -0.1) is 0 Å². The molecule has 0 aliphatic heterocycles. The third-order valence-electron chi connectivity index (χ3n) is 3.84. The van der Waals surface area contributed by atoms with Gasteiger partial charge in [-0.2, -0.15) is 10.5 Å². The number of primary amides is 1. The summed E-state index contributed by atoms with van der Waals surface area (Å²) in [7, 11) is 3.57. The van der Waals surface area contributed by atoms with Crippen LogP contribution in [0.4, 0.5) is 5.82 Å². The van der Waals surface area contributed by atoms with Gasteiger partial charge in [0.2, 0.25) is 5.91 Å². The number of amides is 1. The van der Waals surface area contributed by atoms with Gasteiger partial charge in [0.1, 0.15) is 28.2 Å². The molecule has 0 bridgehead atoms. The molecule has 2 rings (SSSR count). The molecular formula is C19H19N5OS. The van der Waals surface area contributed by atoms with E-state index in [1.807, 2.05) is 37.3 Å². The molecule has 1 unspecified atom stereocenters. The molecule has 0 aliphatic carbocycles. The standard InChI is InChI=1S/C19H19N5OS/c1-4-13-14(10-20)18(24(2)3)23-19(15(13)11-21)26-16(17(22)25)12-8-6-5-7-9-12/h5-9,16H,4H2,1-3H3,(H2,22,25). The Balaban J connectivity index is 2.65. The van der Waals surface area contributed by atoms with Crippen molar-refractivity contribution < 1.29 is 4.79 Å². The van der Waals surface area contributed by atoms with Gasteiger partial charge in [0.15, 0.2) is 0 Å². The molecule has 0 saturated carbocycles. The Morgan fingerprint density at radius 1 is 1.23 bits per heavy atom. The summed E-state index contributed by atoms with van der Waals surface area (Å²) in [5.41, 5.74) is 7.68. The third kappa shape index (κ3) is 3.79. The number of hydrogen-bond acceptors (Lipinski definition) is 6. The Labute approximate surface area is 157 Å². The summed E-state index contributed by atoms with van der Waals surface area (Å²) in [6, 6.07) is 13.4. The molecule has 0 radical (unpaired) electrons. The molecule has 6 nitrogen and oxygen atoms in total. The highest BCUT2D eigenvalue weighted by molar-refractivity contribution is 8.00. The van der Waals surface area contributed by atoms with Crippen LogP contribution in [0, 0.1) is 22.7 Å². The number of thioether (sulfide) groups is 1. The largest absolute Gasteiger partial charge is 0.368 e. The van der Waals surface area contributed by atoms with Gasteiger partial charge in [-0.1, -0.05) is 49.0 Å². The summed E-state index contributed by atoms with van der Waals surface area (Å²) < 4.78 is 0. The van der Waals surface area contributed by atoms with Gasteiger partial charge >= 0.3 is 0 Å². The summed E-state index contributed by atoms with van der Waals surface area (Å²) >= 11 is 1.14. The van der Waals surface area contributed by atoms with Crippen LogP contribution in [0.5, 0.6) is 0 Å². The lowest BCUT2D eigenvalue weighted by Crippen LogP contribution is -2.20. The van der Waals surface area contributed by atoms with Gasteiger partial charge < -0.3 is 10.6 Å². The van der Waals surface area contributed by atoms with Crippen molar-refractivity contribution in [3.05, 3.63) is 52.6 Å². The maximum absolute atomic E-state index is 12.0. The molecule has 1 aromatic carbocycles. The number of rotatable bonds is 6. The lowest BCUT2D eigenvalue weighted by Gasteiger charge is -2.20. The number of benzene rings is 1. The maximum Gasteiger partial charge on any atom is 0.235 e. The number of pyridine rings is 1. The Kier molecular flexibility index (Phi) is 6.21. The highest BCUT2D eigenvalue weighted by Crippen LogP contribution is 2.39. The van der Waals surface area contributed by atoms with E-state index in [0.29, 0.717) is 34.0 Å². The average Bonchev–Trinajstić information content (AvgIpc) is 2.64. The highest BCUT2D eigenvalue weighted by Gasteiger charge is 2.26. The fourth-order valence-electron chi connectivity index (χ4n) is 2.62. The Morgan fingerprint density at radius 2 is 1.85 bits per heavy atom. The van der Waals surface area contributed by atoms with Crippen LogP contribution < -0.4 is 10.6 Å². The minimum atomic E-state index is -0.677. The van der Waals surface area contributed by atoms with Crippen molar-refractivity contribution >= 4 is 23.5 Å². The normalized spacial score (nSPS) is 11.3. The minimum Gasteiger partial charge on any atom is -0.368 e. The molecule has 26 heavy (non-hydrogen) atoms. The minimum absolute atomic E-state index is 0.321. The second kappa shape index (κ2) is 8.37. The Bertz CT molecular complexity index is 897. The number of anilines is 1. The fraction of sp³-hybridized carbons (Fsp3) is 0.263. The molecule has 0 spiro atoms. The van der Waals surface area contributed by atoms with Crippen molar-refractivity contribution in [1.82, 2.24) is 4.98 Å². The van der Waals surface area contributed by atoms with E-state index in [4.69, 9.17) is 5.73 Å². The molecule has 0 aliphatic rings. The van der Waals surface area contributed by atoms with Gasteiger partial charge in [0.25, 0.3) is 0 Å². The third-order valence-corrected chi connectivity index (χ3v) is 5.10. The van der Waals surface area contributed by atoms with Crippen molar-refractivity contribution in [3.63, 3.8) is 0 Å². The van der Waals surface area contributed by atoms with Crippen LogP contribution >= 0.6 is 11.8 Å². The van der Waals surface area contributed by atoms with E-state index in [1.165, 1.54) is 0 Å². The van der Waals surface area contributed by atoms with Gasteiger partial charge in [0.05, 0.1) is 11.1 Å². The second-order valence-electron chi connectivity index (χ2n) is 5.75. The summed E-state index contributed by atoms with van der Waals surface area (Å²) in [5.74, 6) is -0.0390. The Morgan fingerprint density at radius 3 is 2.31 bits per heavy atom. The van der Waals surface area contributed by atoms with Crippen LogP contribution in [0.2, 0.25) is 0 Å². The topological polar surface area (TPSA) is 107 Å². The fourth-order valence-corrected chi connectivity index (χ4v) is 3.68. The first-order valence-corrected chi connectivity index (χ1v) is 8.87. The average molecular weight is 365 g/mol. The number of aromatic nitrogens is 1. The van der Waals surface area contributed by atoms with E-state index in [1.54, 1.807) is 19.0 Å². The van der Waals surface area contributed by atoms with Crippen LogP contribution in [-0.4, -0.2) is 25.0 Å². The number of nitrogens with two attached hydrogens (primary N) is 1. The number of nitrogens with zero attached hydrogens (tertiary/aromatic N) is 4. The van der Waals surface area contributed by atoms with Crippen LogP contribution in [0.25, 0.3) is 0 Å². The van der Waals surface area contributed by atoms with Gasteiger partial charge in [0, 0.05) is 14.1 Å². The van der Waals surface area contributed by atoms with Crippen LogP contribution in [-0.2, 0) is 11.2 Å². The second-order valence-corrected chi connectivity index (χ2v) is 6.85. The maximum atomic E-state index is 12.0. The van der Waals surface area contributed by atoms with Crippen molar-refractivity contribution in [3.8, 4) is 12.1 Å². The van der Waals surface area contributed by atoms with Gasteiger partial charge in [-0.05, 0) is 17.5 Å². The number of carbonyl (C=O) groups is 1. The molecule has 1 aromatic heterocycles. The van der Waals surface area contributed by atoms with E-state index >= 15 is 0 Å². The van der Waals surface area contributed by atoms with Crippen molar-refractivity contribution in [2.45, 2.75) is 23.6 Å². The zero-order chi connectivity index (χ0) is 19.3. The molecular weight excluding hydrogens is 346 g/mol. The molecule has 1 amide bonds. The zero-order valence-electron chi connectivity index (χ0n) is 14.9. The van der Waals surface area contributed by atoms with E-state index in [9.17, 15) is 15.3 Å². The van der Waals surface area contributed by atoms with E-state index < -0.39 is 11.2 Å². The Hall–Kier alpha value is -3.03. The first-order valence-electron chi connectivity index (χ1n) is 7.99. The van der Waals surface area contributed by atoms with Crippen LogP contribution in [0.1, 0.15) is 34.4 Å². The van der Waals surface area contributed by atoms with E-state index in [0.717, 1.165) is 17.3 Å². The first-order chi connectivity index (χ1) is 12.4. The van der Waals surface area contributed by atoms with E-state index in [-0.39, 0.29) is 0 Å². The van der Waals surface area contributed by atoms with Crippen molar-refractivity contribution in [1.29, 1.82) is 10.5 Å². The number of hydrogen-bond donors (Lipinski definition) is 1. The van der Waals surface area contributed by atoms with Crippen molar-refractivity contribution in [2.24, 2.45) is 5.73 Å². The molecule has 7 heteroatoms. The highest BCUT2D eigenvalue weighted by atomic mass is 32.2. The van der Waals surface area contributed by atoms with Crippen molar-refractivity contribution in [2.75, 3.05) is 19.0 Å². The van der Waals surface area contributed by atoms with E-state index in [2.05, 4.69) is 17.1 Å². The summed E-state index contributed by atoms with van der Waals surface area (Å²) in [6.07, 6.45) is 0.509. The molecule has 0 fully saturated rings. The van der Waals surface area contributed by atoms with Gasteiger partial charge in [-0.25, -0.2) is 4.98 Å². The summed E-state index contributed by atoms with van der Waals surface area (Å²) in [4.78, 5) is 18.3. The molecule has 132 valence electrons. The number of carbonyl (C=O) groups excluding carboxylic acids is 1. The quantitative estimate of drug-likeness (QED) is 0.789. The number of nitriles is 2. The summed E-state index contributed by atoms with van der Waals surface area (Å²) in [5, 5.41) is 18.9. The molecule has 0 saturated heterocycles. The SMILES string of the molecule is CCc1c(C#N)c(SC(C(N)=O)c2ccccc2)nc(N(C)C)c1C#N.